The van der Waals surface area contributed by atoms with Gasteiger partial charge in [0, 0.05) is 18.2 Å². The molecule has 33 heavy (non-hydrogen) atoms. The maximum atomic E-state index is 12.4. The van der Waals surface area contributed by atoms with Crippen molar-refractivity contribution < 1.29 is 14.3 Å². The number of para-hydroxylation sites is 1. The van der Waals surface area contributed by atoms with Gasteiger partial charge < -0.3 is 15.8 Å². The first-order valence-electron chi connectivity index (χ1n) is 9.92. The van der Waals surface area contributed by atoms with E-state index in [9.17, 15) is 14.5 Å². The first kappa shape index (κ1) is 21.4. The summed E-state index contributed by atoms with van der Waals surface area (Å²) in [5.41, 5.74) is 7.43. The fourth-order valence-electron chi connectivity index (χ4n) is 3.45. The third kappa shape index (κ3) is 4.19. The Balaban J connectivity index is 1.80. The maximum absolute atomic E-state index is 12.4. The number of nitrogens with one attached hydrogen (secondary N) is 1. The smallest absolute Gasteiger partial charge is 0.254 e. The van der Waals surface area contributed by atoms with E-state index in [2.05, 4.69) is 15.6 Å². The Morgan fingerprint density at radius 2 is 1.76 bits per heavy atom. The number of anilines is 1. The second-order valence-corrected chi connectivity index (χ2v) is 6.99. The van der Waals surface area contributed by atoms with Crippen molar-refractivity contribution >= 4 is 23.7 Å². The minimum Gasteiger partial charge on any atom is -0.457 e. The molecule has 1 heterocycles. The van der Waals surface area contributed by atoms with Gasteiger partial charge in [0.25, 0.3) is 5.91 Å². The number of primary amides is 1. The van der Waals surface area contributed by atoms with Crippen molar-refractivity contribution in [2.24, 2.45) is 10.9 Å². The third-order valence-corrected chi connectivity index (χ3v) is 4.95. The second kappa shape index (κ2) is 9.15. The van der Waals surface area contributed by atoms with Gasteiger partial charge in [-0.1, -0.05) is 18.2 Å². The summed E-state index contributed by atoms with van der Waals surface area (Å²) in [5, 5.41) is 10.4. The molecule has 9 nitrogen and oxygen atoms in total. The van der Waals surface area contributed by atoms with Gasteiger partial charge in [-0.25, -0.2) is 4.68 Å². The summed E-state index contributed by atoms with van der Waals surface area (Å²) < 4.78 is 7.22. The van der Waals surface area contributed by atoms with E-state index < -0.39 is 5.91 Å². The zero-order chi connectivity index (χ0) is 23.4. The van der Waals surface area contributed by atoms with Crippen LogP contribution in [0, 0.1) is 4.91 Å². The number of nitroso groups, excluding NO2 is 1. The van der Waals surface area contributed by atoms with E-state index in [1.54, 1.807) is 31.3 Å². The Bertz CT molecular complexity index is 1330. The lowest BCUT2D eigenvalue weighted by Crippen LogP contribution is -2.14. The van der Waals surface area contributed by atoms with Crippen LogP contribution in [0.25, 0.3) is 16.9 Å². The highest BCUT2D eigenvalue weighted by Crippen LogP contribution is 2.33. The average Bonchev–Trinajstić information content (AvgIpc) is 3.24. The van der Waals surface area contributed by atoms with E-state index in [1.165, 1.54) is 22.9 Å². The standard InChI is InChI=1S/C24H19N5O4/c1-26-24-21(23(25)31)22(27-29(24)20-12-9-17(28-32)13-16(20)14-30)15-7-10-19(11-8-15)33-18-5-3-2-4-6-18/h2-14,26H,1H3,(H2,25,31). The van der Waals surface area contributed by atoms with E-state index >= 15 is 0 Å². The van der Waals surface area contributed by atoms with Gasteiger partial charge in [0.05, 0.1) is 5.69 Å². The quantitative estimate of drug-likeness (QED) is 0.302. The fraction of sp³-hybridized carbons (Fsp3) is 0.0417. The fourth-order valence-corrected chi connectivity index (χ4v) is 3.45. The molecule has 9 heteroatoms. The van der Waals surface area contributed by atoms with Crippen LogP contribution in [0.2, 0.25) is 0 Å². The van der Waals surface area contributed by atoms with Crippen molar-refractivity contribution in [1.29, 1.82) is 0 Å². The molecule has 0 saturated carbocycles. The maximum Gasteiger partial charge on any atom is 0.254 e. The number of nitrogens with zero attached hydrogens (tertiary/aromatic N) is 3. The highest BCUT2D eigenvalue weighted by molar-refractivity contribution is 6.04. The first-order chi connectivity index (χ1) is 16.0. The minimum atomic E-state index is -0.691. The molecule has 0 atom stereocenters. The second-order valence-electron chi connectivity index (χ2n) is 6.99. The Hall–Kier alpha value is -4.79. The van der Waals surface area contributed by atoms with Crippen molar-refractivity contribution in [1.82, 2.24) is 9.78 Å². The van der Waals surface area contributed by atoms with Crippen LogP contribution in [0.15, 0.2) is 78.0 Å². The number of hydrogen-bond acceptors (Lipinski definition) is 7. The molecule has 1 aromatic heterocycles. The van der Waals surface area contributed by atoms with Crippen LogP contribution in [0.4, 0.5) is 11.5 Å². The number of ether oxygens (including phenoxy) is 1. The summed E-state index contributed by atoms with van der Waals surface area (Å²) >= 11 is 0. The number of hydrogen-bond donors (Lipinski definition) is 2. The lowest BCUT2D eigenvalue weighted by Gasteiger charge is -2.10. The Morgan fingerprint density at radius 3 is 2.36 bits per heavy atom. The number of amides is 1. The molecule has 0 radical (unpaired) electrons. The van der Waals surface area contributed by atoms with Crippen LogP contribution in [-0.2, 0) is 0 Å². The van der Waals surface area contributed by atoms with Gasteiger partial charge in [0.2, 0.25) is 0 Å². The number of carbonyl (C=O) groups excluding carboxylic acids is 2. The Kier molecular flexibility index (Phi) is 5.94. The normalized spacial score (nSPS) is 10.5. The van der Waals surface area contributed by atoms with E-state index in [0.717, 1.165) is 0 Å². The molecule has 0 unspecified atom stereocenters. The molecule has 164 valence electrons. The summed E-state index contributed by atoms with van der Waals surface area (Å²) in [4.78, 5) is 34.9. The highest BCUT2D eigenvalue weighted by atomic mass is 16.5. The van der Waals surface area contributed by atoms with Crippen molar-refractivity contribution in [2.75, 3.05) is 12.4 Å². The number of nitrogens with two attached hydrogens (primary N) is 1. The highest BCUT2D eigenvalue weighted by Gasteiger charge is 2.24. The van der Waals surface area contributed by atoms with Crippen LogP contribution >= 0.6 is 0 Å². The minimum absolute atomic E-state index is 0.100. The van der Waals surface area contributed by atoms with E-state index in [4.69, 9.17) is 10.5 Å². The van der Waals surface area contributed by atoms with Gasteiger partial charge in [-0.2, -0.15) is 5.10 Å². The molecular formula is C24H19N5O4. The van der Waals surface area contributed by atoms with Crippen LogP contribution in [0.5, 0.6) is 11.5 Å². The van der Waals surface area contributed by atoms with Crippen molar-refractivity contribution in [3.05, 3.63) is 88.8 Å². The molecule has 3 N–H and O–H groups in total. The predicted molar refractivity (Wildman–Crippen MR) is 124 cm³/mol. The molecule has 0 saturated heterocycles. The molecule has 1 amide bonds. The van der Waals surface area contributed by atoms with Gasteiger partial charge in [-0.15, -0.1) is 4.91 Å². The first-order valence-corrected chi connectivity index (χ1v) is 9.92. The molecule has 0 aliphatic rings. The van der Waals surface area contributed by atoms with Crippen LogP contribution in [0.1, 0.15) is 20.7 Å². The SMILES string of the molecule is CNc1c(C(N)=O)c(-c2ccc(Oc3ccccc3)cc2)nn1-c1ccc(N=O)cc1C=O. The predicted octanol–water partition coefficient (Wildman–Crippen LogP) is 4.68. The molecule has 0 aliphatic heterocycles. The number of carbonyl (C=O) groups is 2. The van der Waals surface area contributed by atoms with E-state index in [0.29, 0.717) is 40.5 Å². The van der Waals surface area contributed by atoms with Gasteiger partial charge in [0.1, 0.15) is 34.3 Å². The largest absolute Gasteiger partial charge is 0.457 e. The number of rotatable bonds is 8. The number of aromatic nitrogens is 2. The van der Waals surface area contributed by atoms with Crippen molar-refractivity contribution in [3.63, 3.8) is 0 Å². The monoisotopic (exact) mass is 441 g/mol. The third-order valence-electron chi connectivity index (χ3n) is 4.95. The summed E-state index contributed by atoms with van der Waals surface area (Å²) in [6.07, 6.45) is 0.588. The average molecular weight is 441 g/mol. The zero-order valence-corrected chi connectivity index (χ0v) is 17.6. The molecule has 3 aromatic carbocycles. The lowest BCUT2D eigenvalue weighted by molar-refractivity contribution is 0.100. The summed E-state index contributed by atoms with van der Waals surface area (Å²) in [6.45, 7) is 0. The molecule has 0 fully saturated rings. The number of aldehydes is 1. The molecule has 4 rings (SSSR count). The van der Waals surface area contributed by atoms with Gasteiger partial charge in [-0.3, -0.25) is 9.59 Å². The summed E-state index contributed by atoms with van der Waals surface area (Å²) in [7, 11) is 1.61. The number of benzene rings is 3. The van der Waals surface area contributed by atoms with Gasteiger partial charge >= 0.3 is 0 Å². The topological polar surface area (TPSA) is 129 Å². The van der Waals surface area contributed by atoms with E-state index in [1.807, 2.05) is 30.3 Å². The van der Waals surface area contributed by atoms with Crippen LogP contribution in [-0.4, -0.2) is 29.0 Å². The van der Waals surface area contributed by atoms with Crippen LogP contribution < -0.4 is 15.8 Å². The molecule has 0 aliphatic carbocycles. The van der Waals surface area contributed by atoms with Crippen molar-refractivity contribution in [2.45, 2.75) is 0 Å². The van der Waals surface area contributed by atoms with Crippen molar-refractivity contribution in [3.8, 4) is 28.4 Å². The Morgan fingerprint density at radius 1 is 1.06 bits per heavy atom. The molecule has 4 aromatic rings. The summed E-state index contributed by atoms with van der Waals surface area (Å²) in [6, 6.07) is 20.7. The molecule has 0 bridgehead atoms. The zero-order valence-electron chi connectivity index (χ0n) is 17.6. The molecular weight excluding hydrogens is 422 g/mol. The Labute approximate surface area is 188 Å². The van der Waals surface area contributed by atoms with Crippen LogP contribution in [0.3, 0.4) is 0 Å². The molecule has 0 spiro atoms. The van der Waals surface area contributed by atoms with Gasteiger partial charge in [0.15, 0.2) is 6.29 Å². The van der Waals surface area contributed by atoms with Gasteiger partial charge in [-0.05, 0) is 59.8 Å². The lowest BCUT2D eigenvalue weighted by atomic mass is 10.1. The summed E-state index contributed by atoms with van der Waals surface area (Å²) in [5.74, 6) is 0.916. The van der Waals surface area contributed by atoms with E-state index in [-0.39, 0.29) is 16.8 Å².